The van der Waals surface area contributed by atoms with Crippen molar-refractivity contribution < 1.29 is 9.47 Å². The van der Waals surface area contributed by atoms with Crippen molar-refractivity contribution in [3.05, 3.63) is 22.2 Å². The molecule has 1 aliphatic carbocycles. The molecule has 1 aromatic rings. The van der Waals surface area contributed by atoms with Crippen molar-refractivity contribution in [3.8, 4) is 11.5 Å². The number of hydrogen-bond acceptors (Lipinski definition) is 3. The van der Waals surface area contributed by atoms with Crippen LogP contribution in [0.1, 0.15) is 44.6 Å². The highest BCUT2D eigenvalue weighted by atomic mass is 79.9. The second kappa shape index (κ2) is 7.89. The van der Waals surface area contributed by atoms with Gasteiger partial charge in [0.15, 0.2) is 11.5 Å². The predicted octanol–water partition coefficient (Wildman–Crippen LogP) is 4.28. The van der Waals surface area contributed by atoms with Gasteiger partial charge in [-0.05, 0) is 31.4 Å². The standard InChI is InChI=1S/C16H24BrNO2/c1-3-10-20-16-13(11-18-12-6-4-5-7-12)14(17)8-9-15(16)19-2/h8-9,12,18H,3-7,10-11H2,1-2H3. The Balaban J connectivity index is 2.14. The maximum absolute atomic E-state index is 5.91. The Morgan fingerprint density at radius 2 is 2.05 bits per heavy atom. The van der Waals surface area contributed by atoms with E-state index in [9.17, 15) is 0 Å². The van der Waals surface area contributed by atoms with Gasteiger partial charge >= 0.3 is 0 Å². The molecular formula is C16H24BrNO2. The minimum absolute atomic E-state index is 0.645. The Hall–Kier alpha value is -0.740. The third-order valence-corrected chi connectivity index (χ3v) is 4.50. The lowest BCUT2D eigenvalue weighted by atomic mass is 10.1. The van der Waals surface area contributed by atoms with E-state index in [0.717, 1.165) is 34.5 Å². The fourth-order valence-electron chi connectivity index (χ4n) is 2.65. The van der Waals surface area contributed by atoms with Crippen LogP contribution in [-0.4, -0.2) is 19.8 Å². The van der Waals surface area contributed by atoms with Crippen LogP contribution in [0.15, 0.2) is 16.6 Å². The zero-order valence-corrected chi connectivity index (χ0v) is 14.0. The topological polar surface area (TPSA) is 30.5 Å². The normalized spacial score (nSPS) is 15.6. The molecule has 3 nitrogen and oxygen atoms in total. The van der Waals surface area contributed by atoms with Gasteiger partial charge in [0, 0.05) is 22.6 Å². The van der Waals surface area contributed by atoms with Gasteiger partial charge in [-0.1, -0.05) is 35.7 Å². The summed E-state index contributed by atoms with van der Waals surface area (Å²) in [7, 11) is 1.69. The molecule has 4 heteroatoms. The highest BCUT2D eigenvalue weighted by Gasteiger charge is 2.18. The van der Waals surface area contributed by atoms with E-state index >= 15 is 0 Å². The van der Waals surface area contributed by atoms with Crippen LogP contribution in [0.3, 0.4) is 0 Å². The molecular weight excluding hydrogens is 318 g/mol. The number of nitrogens with one attached hydrogen (secondary N) is 1. The largest absolute Gasteiger partial charge is 0.493 e. The first kappa shape index (κ1) is 15.6. The third-order valence-electron chi connectivity index (χ3n) is 3.76. The van der Waals surface area contributed by atoms with Gasteiger partial charge in [-0.15, -0.1) is 0 Å². The Morgan fingerprint density at radius 1 is 1.30 bits per heavy atom. The predicted molar refractivity (Wildman–Crippen MR) is 85.6 cm³/mol. The van der Waals surface area contributed by atoms with Crippen LogP contribution >= 0.6 is 15.9 Å². The van der Waals surface area contributed by atoms with E-state index in [-0.39, 0.29) is 0 Å². The molecule has 20 heavy (non-hydrogen) atoms. The molecule has 0 aliphatic heterocycles. The van der Waals surface area contributed by atoms with E-state index in [0.29, 0.717) is 12.6 Å². The van der Waals surface area contributed by atoms with Crippen molar-refractivity contribution in [2.45, 2.75) is 51.6 Å². The number of hydrogen-bond donors (Lipinski definition) is 1. The molecule has 1 N–H and O–H groups in total. The van der Waals surface area contributed by atoms with Crippen LogP contribution in [0.25, 0.3) is 0 Å². The summed E-state index contributed by atoms with van der Waals surface area (Å²) < 4.78 is 12.4. The van der Waals surface area contributed by atoms with Crippen molar-refractivity contribution in [1.29, 1.82) is 0 Å². The van der Waals surface area contributed by atoms with Crippen LogP contribution in [0.5, 0.6) is 11.5 Å². The minimum Gasteiger partial charge on any atom is -0.493 e. The highest BCUT2D eigenvalue weighted by molar-refractivity contribution is 9.10. The summed E-state index contributed by atoms with van der Waals surface area (Å²) in [4.78, 5) is 0. The van der Waals surface area contributed by atoms with Gasteiger partial charge in [0.1, 0.15) is 0 Å². The van der Waals surface area contributed by atoms with Gasteiger partial charge in [0.05, 0.1) is 13.7 Å². The maximum Gasteiger partial charge on any atom is 0.166 e. The lowest BCUT2D eigenvalue weighted by molar-refractivity contribution is 0.289. The molecule has 2 rings (SSSR count). The summed E-state index contributed by atoms with van der Waals surface area (Å²) in [5.74, 6) is 1.68. The zero-order valence-electron chi connectivity index (χ0n) is 12.4. The molecule has 0 unspecified atom stereocenters. The lowest BCUT2D eigenvalue weighted by Gasteiger charge is -2.18. The number of benzene rings is 1. The molecule has 0 saturated heterocycles. The Bertz CT molecular complexity index is 431. The van der Waals surface area contributed by atoms with E-state index in [1.165, 1.54) is 25.7 Å². The fraction of sp³-hybridized carbons (Fsp3) is 0.625. The average molecular weight is 342 g/mol. The molecule has 112 valence electrons. The van der Waals surface area contributed by atoms with Crippen LogP contribution in [0, 0.1) is 0 Å². The van der Waals surface area contributed by atoms with E-state index in [1.807, 2.05) is 12.1 Å². The smallest absolute Gasteiger partial charge is 0.166 e. The molecule has 1 saturated carbocycles. The summed E-state index contributed by atoms with van der Waals surface area (Å²) in [6, 6.07) is 4.63. The Morgan fingerprint density at radius 3 is 2.70 bits per heavy atom. The molecule has 0 atom stereocenters. The van der Waals surface area contributed by atoms with Crippen molar-refractivity contribution in [1.82, 2.24) is 5.32 Å². The van der Waals surface area contributed by atoms with Crippen molar-refractivity contribution in [3.63, 3.8) is 0 Å². The van der Waals surface area contributed by atoms with E-state index < -0.39 is 0 Å². The molecule has 1 fully saturated rings. The monoisotopic (exact) mass is 341 g/mol. The van der Waals surface area contributed by atoms with Crippen molar-refractivity contribution >= 4 is 15.9 Å². The number of halogens is 1. The molecule has 0 bridgehead atoms. The summed E-state index contributed by atoms with van der Waals surface area (Å²) in [5, 5.41) is 3.64. The number of ether oxygens (including phenoxy) is 2. The van der Waals surface area contributed by atoms with Gasteiger partial charge in [-0.3, -0.25) is 0 Å². The van der Waals surface area contributed by atoms with E-state index in [1.54, 1.807) is 7.11 Å². The molecule has 0 spiro atoms. The lowest BCUT2D eigenvalue weighted by Crippen LogP contribution is -2.25. The molecule has 0 aromatic heterocycles. The first-order valence-electron chi connectivity index (χ1n) is 7.47. The first-order chi connectivity index (χ1) is 9.76. The minimum atomic E-state index is 0.645. The highest BCUT2D eigenvalue weighted by Crippen LogP contribution is 2.36. The van der Waals surface area contributed by atoms with Gasteiger partial charge in [0.2, 0.25) is 0 Å². The Labute approximate surface area is 130 Å². The van der Waals surface area contributed by atoms with Crippen LogP contribution in [0.4, 0.5) is 0 Å². The fourth-order valence-corrected chi connectivity index (χ4v) is 3.10. The zero-order chi connectivity index (χ0) is 14.4. The quantitative estimate of drug-likeness (QED) is 0.802. The van der Waals surface area contributed by atoms with Crippen molar-refractivity contribution in [2.75, 3.05) is 13.7 Å². The molecule has 1 aliphatic rings. The summed E-state index contributed by atoms with van der Waals surface area (Å²) in [6.45, 7) is 3.64. The molecule has 0 heterocycles. The van der Waals surface area contributed by atoms with Gasteiger partial charge in [-0.2, -0.15) is 0 Å². The van der Waals surface area contributed by atoms with E-state index in [4.69, 9.17) is 9.47 Å². The average Bonchev–Trinajstić information content (AvgIpc) is 2.97. The van der Waals surface area contributed by atoms with Gasteiger partial charge in [-0.25, -0.2) is 0 Å². The first-order valence-corrected chi connectivity index (χ1v) is 8.27. The second-order valence-corrected chi connectivity index (χ2v) is 6.12. The molecule has 0 radical (unpaired) electrons. The van der Waals surface area contributed by atoms with E-state index in [2.05, 4.69) is 28.2 Å². The van der Waals surface area contributed by atoms with Crippen LogP contribution < -0.4 is 14.8 Å². The third kappa shape index (κ3) is 3.89. The summed E-state index contributed by atoms with van der Waals surface area (Å²) in [5.41, 5.74) is 1.16. The molecule has 1 aromatic carbocycles. The number of rotatable bonds is 7. The van der Waals surface area contributed by atoms with Gasteiger partial charge in [0.25, 0.3) is 0 Å². The Kier molecular flexibility index (Phi) is 6.17. The number of methoxy groups -OCH3 is 1. The second-order valence-electron chi connectivity index (χ2n) is 5.27. The SMILES string of the molecule is CCCOc1c(OC)ccc(Br)c1CNC1CCCC1. The molecule has 0 amide bonds. The maximum atomic E-state index is 5.91. The van der Waals surface area contributed by atoms with Crippen molar-refractivity contribution in [2.24, 2.45) is 0 Å². The summed E-state index contributed by atoms with van der Waals surface area (Å²) >= 11 is 3.64. The summed E-state index contributed by atoms with van der Waals surface area (Å²) in [6.07, 6.45) is 6.25. The van der Waals surface area contributed by atoms with Crippen LogP contribution in [-0.2, 0) is 6.54 Å². The van der Waals surface area contributed by atoms with Crippen LogP contribution in [0.2, 0.25) is 0 Å². The van der Waals surface area contributed by atoms with Gasteiger partial charge < -0.3 is 14.8 Å².